The van der Waals surface area contributed by atoms with Crippen LogP contribution in [0.1, 0.15) is 32.8 Å². The molecule has 20 heavy (non-hydrogen) atoms. The zero-order valence-electron chi connectivity index (χ0n) is 11.8. The second kappa shape index (κ2) is 6.35. The van der Waals surface area contributed by atoms with E-state index in [1.54, 1.807) is 0 Å². The molecule has 1 aromatic carbocycles. The van der Waals surface area contributed by atoms with Crippen molar-refractivity contribution in [1.82, 2.24) is 0 Å². The van der Waals surface area contributed by atoms with Crippen LogP contribution in [-0.2, 0) is 6.18 Å². The van der Waals surface area contributed by atoms with Crippen molar-refractivity contribution in [1.29, 1.82) is 0 Å². The van der Waals surface area contributed by atoms with E-state index < -0.39 is 17.3 Å². The van der Waals surface area contributed by atoms with E-state index in [0.29, 0.717) is 16.8 Å². The summed E-state index contributed by atoms with van der Waals surface area (Å²) < 4.78 is 39.7. The van der Waals surface area contributed by atoms with E-state index >= 15 is 0 Å². The molecule has 0 aliphatic carbocycles. The molecule has 0 fully saturated rings. The average Bonchev–Trinajstić information content (AvgIpc) is 2.26. The number of hydrogen-bond acceptors (Lipinski definition) is 2. The van der Waals surface area contributed by atoms with Crippen LogP contribution in [-0.4, -0.2) is 12.1 Å². The van der Waals surface area contributed by atoms with Crippen molar-refractivity contribution in [2.24, 2.45) is 11.7 Å². The van der Waals surface area contributed by atoms with Crippen LogP contribution < -0.4 is 11.1 Å². The van der Waals surface area contributed by atoms with Gasteiger partial charge >= 0.3 is 6.18 Å². The van der Waals surface area contributed by atoms with Gasteiger partial charge in [-0.2, -0.15) is 13.2 Å². The fourth-order valence-electron chi connectivity index (χ4n) is 2.28. The Morgan fingerprint density at radius 3 is 2.35 bits per heavy atom. The molecule has 0 heterocycles. The third kappa shape index (κ3) is 4.66. The SMILES string of the molecule is CC(C)CC(C)(CN)Nc1cc(Br)ccc1C(F)(F)F. The first-order valence-electron chi connectivity index (χ1n) is 6.42. The number of benzene rings is 1. The Morgan fingerprint density at radius 1 is 1.30 bits per heavy atom. The molecule has 1 aromatic rings. The molecular formula is C14H20BrF3N2. The highest BCUT2D eigenvalue weighted by Crippen LogP contribution is 2.37. The molecule has 0 bridgehead atoms. The van der Waals surface area contributed by atoms with Crippen LogP contribution in [0.3, 0.4) is 0 Å². The van der Waals surface area contributed by atoms with Crippen molar-refractivity contribution < 1.29 is 13.2 Å². The van der Waals surface area contributed by atoms with Crippen LogP contribution in [0.5, 0.6) is 0 Å². The highest BCUT2D eigenvalue weighted by Gasteiger charge is 2.35. The summed E-state index contributed by atoms with van der Waals surface area (Å²) in [7, 11) is 0. The zero-order chi connectivity index (χ0) is 15.6. The molecule has 0 radical (unpaired) electrons. The fourth-order valence-corrected chi connectivity index (χ4v) is 2.64. The molecule has 114 valence electrons. The minimum Gasteiger partial charge on any atom is -0.378 e. The van der Waals surface area contributed by atoms with E-state index in [1.807, 2.05) is 20.8 Å². The summed E-state index contributed by atoms with van der Waals surface area (Å²) >= 11 is 3.20. The lowest BCUT2D eigenvalue weighted by Crippen LogP contribution is -2.44. The lowest BCUT2D eigenvalue weighted by molar-refractivity contribution is -0.137. The number of alkyl halides is 3. The van der Waals surface area contributed by atoms with Gasteiger partial charge in [0.2, 0.25) is 0 Å². The third-order valence-corrected chi connectivity index (χ3v) is 3.53. The van der Waals surface area contributed by atoms with E-state index in [0.717, 1.165) is 6.07 Å². The van der Waals surface area contributed by atoms with Gasteiger partial charge in [0.25, 0.3) is 0 Å². The highest BCUT2D eigenvalue weighted by atomic mass is 79.9. The molecule has 1 unspecified atom stereocenters. The maximum absolute atomic E-state index is 13.0. The summed E-state index contributed by atoms with van der Waals surface area (Å²) in [6.45, 7) is 6.13. The molecule has 0 saturated heterocycles. The summed E-state index contributed by atoms with van der Waals surface area (Å²) in [5, 5.41) is 2.98. The van der Waals surface area contributed by atoms with E-state index in [9.17, 15) is 13.2 Å². The number of nitrogens with one attached hydrogen (secondary N) is 1. The number of rotatable bonds is 5. The standard InChI is InChI=1S/C14H20BrF3N2/c1-9(2)7-13(3,8-19)20-12-6-10(15)4-5-11(12)14(16,17)18/h4-6,9,20H,7-8,19H2,1-3H3. The van der Waals surface area contributed by atoms with Gasteiger partial charge in [0.05, 0.1) is 5.56 Å². The molecular weight excluding hydrogens is 333 g/mol. The Hall–Kier alpha value is -0.750. The molecule has 0 spiro atoms. The zero-order valence-corrected chi connectivity index (χ0v) is 13.4. The second-order valence-electron chi connectivity index (χ2n) is 5.68. The Morgan fingerprint density at radius 2 is 1.90 bits per heavy atom. The van der Waals surface area contributed by atoms with Crippen molar-refractivity contribution in [3.8, 4) is 0 Å². The first-order valence-corrected chi connectivity index (χ1v) is 7.22. The lowest BCUT2D eigenvalue weighted by atomic mass is 9.90. The van der Waals surface area contributed by atoms with Crippen molar-refractivity contribution in [2.45, 2.75) is 38.9 Å². The maximum Gasteiger partial charge on any atom is 0.418 e. The van der Waals surface area contributed by atoms with Crippen molar-refractivity contribution >= 4 is 21.6 Å². The van der Waals surface area contributed by atoms with Gasteiger partial charge in [0, 0.05) is 22.2 Å². The first kappa shape index (κ1) is 17.3. The van der Waals surface area contributed by atoms with Gasteiger partial charge in [-0.3, -0.25) is 0 Å². The predicted molar refractivity (Wildman–Crippen MR) is 79.7 cm³/mol. The Kier molecular flexibility index (Phi) is 5.49. The van der Waals surface area contributed by atoms with Gasteiger partial charge in [-0.15, -0.1) is 0 Å². The largest absolute Gasteiger partial charge is 0.418 e. The predicted octanol–water partition coefficient (Wildman–Crippen LogP) is 4.64. The third-order valence-electron chi connectivity index (χ3n) is 3.03. The molecule has 0 aliphatic rings. The summed E-state index contributed by atoms with van der Waals surface area (Å²) in [6.07, 6.45) is -3.70. The minimum atomic E-state index is -4.39. The van der Waals surface area contributed by atoms with Crippen molar-refractivity contribution in [3.05, 3.63) is 28.2 Å². The monoisotopic (exact) mass is 352 g/mol. The Bertz CT molecular complexity index is 460. The quantitative estimate of drug-likeness (QED) is 0.809. The molecule has 3 N–H and O–H groups in total. The van der Waals surface area contributed by atoms with E-state index in [2.05, 4.69) is 21.2 Å². The van der Waals surface area contributed by atoms with Crippen LogP contribution >= 0.6 is 15.9 Å². The maximum atomic E-state index is 13.0. The molecule has 1 atom stereocenters. The molecule has 0 amide bonds. The molecule has 0 aromatic heterocycles. The first-order chi connectivity index (χ1) is 9.07. The van der Waals surface area contributed by atoms with E-state index in [1.165, 1.54) is 12.1 Å². The molecule has 0 saturated carbocycles. The summed E-state index contributed by atoms with van der Waals surface area (Å²) in [5.74, 6) is 0.331. The molecule has 2 nitrogen and oxygen atoms in total. The minimum absolute atomic E-state index is 0.0560. The van der Waals surface area contributed by atoms with Crippen LogP contribution in [0.2, 0.25) is 0 Å². The summed E-state index contributed by atoms with van der Waals surface area (Å²) in [5.41, 5.74) is 4.55. The second-order valence-corrected chi connectivity index (χ2v) is 6.59. The lowest BCUT2D eigenvalue weighted by Gasteiger charge is -2.33. The number of hydrogen-bond donors (Lipinski definition) is 2. The average molecular weight is 353 g/mol. The van der Waals surface area contributed by atoms with Crippen LogP contribution in [0, 0.1) is 5.92 Å². The molecule has 6 heteroatoms. The normalized spacial score (nSPS) is 15.2. The van der Waals surface area contributed by atoms with Gasteiger partial charge in [0.1, 0.15) is 0 Å². The topological polar surface area (TPSA) is 38.0 Å². The van der Waals surface area contributed by atoms with E-state index in [-0.39, 0.29) is 12.2 Å². The van der Waals surface area contributed by atoms with Crippen LogP contribution in [0.15, 0.2) is 22.7 Å². The highest BCUT2D eigenvalue weighted by molar-refractivity contribution is 9.10. The van der Waals surface area contributed by atoms with Crippen molar-refractivity contribution in [3.63, 3.8) is 0 Å². The van der Waals surface area contributed by atoms with Crippen LogP contribution in [0.25, 0.3) is 0 Å². The van der Waals surface area contributed by atoms with Gasteiger partial charge < -0.3 is 11.1 Å². The van der Waals surface area contributed by atoms with Crippen LogP contribution in [0.4, 0.5) is 18.9 Å². The summed E-state index contributed by atoms with van der Waals surface area (Å²) in [6, 6.07) is 3.89. The van der Waals surface area contributed by atoms with E-state index in [4.69, 9.17) is 5.73 Å². The Labute approximate surface area is 126 Å². The van der Waals surface area contributed by atoms with Gasteiger partial charge in [-0.1, -0.05) is 29.8 Å². The Balaban J connectivity index is 3.15. The van der Waals surface area contributed by atoms with Crippen molar-refractivity contribution in [2.75, 3.05) is 11.9 Å². The fraction of sp³-hybridized carbons (Fsp3) is 0.571. The smallest absolute Gasteiger partial charge is 0.378 e. The number of nitrogens with two attached hydrogens (primary N) is 1. The molecule has 1 rings (SSSR count). The van der Waals surface area contributed by atoms with Gasteiger partial charge in [-0.05, 0) is 37.5 Å². The van der Waals surface area contributed by atoms with Gasteiger partial charge in [-0.25, -0.2) is 0 Å². The van der Waals surface area contributed by atoms with Gasteiger partial charge in [0.15, 0.2) is 0 Å². The molecule has 0 aliphatic heterocycles. The number of halogens is 4. The number of anilines is 1. The summed E-state index contributed by atoms with van der Waals surface area (Å²) in [4.78, 5) is 0.